The van der Waals surface area contributed by atoms with Crippen molar-refractivity contribution >= 4 is 37.8 Å². The first-order valence-electron chi connectivity index (χ1n) is 11.3. The summed E-state index contributed by atoms with van der Waals surface area (Å²) in [7, 11) is -7.88. The third kappa shape index (κ3) is 7.43. The van der Waals surface area contributed by atoms with Crippen LogP contribution in [0.15, 0.2) is 28.9 Å². The van der Waals surface area contributed by atoms with Crippen LogP contribution in [-0.4, -0.2) is 68.3 Å². The molecular formula is C21H28F3N5O6S2. The maximum absolute atomic E-state index is 13.0. The molecule has 1 aliphatic rings. The van der Waals surface area contributed by atoms with E-state index in [2.05, 4.69) is 10.3 Å². The van der Waals surface area contributed by atoms with Crippen molar-refractivity contribution < 1.29 is 39.2 Å². The van der Waals surface area contributed by atoms with Crippen LogP contribution in [0.3, 0.4) is 0 Å². The summed E-state index contributed by atoms with van der Waals surface area (Å²) in [6.45, 7) is 5.04. The third-order valence-corrected chi connectivity index (χ3v) is 9.18. The molecule has 1 aliphatic heterocycles. The number of benzene rings is 1. The molecule has 1 fully saturated rings. The van der Waals surface area contributed by atoms with Crippen LogP contribution in [0.2, 0.25) is 0 Å². The molecule has 0 unspecified atom stereocenters. The molecule has 0 bridgehead atoms. The Bertz CT molecular complexity index is 1340. The monoisotopic (exact) mass is 567 g/mol. The topological polar surface area (TPSA) is 142 Å². The molecule has 2 heterocycles. The van der Waals surface area contributed by atoms with Gasteiger partial charge in [-0.25, -0.2) is 17.4 Å². The van der Waals surface area contributed by atoms with Gasteiger partial charge in [-0.1, -0.05) is 19.9 Å². The first-order chi connectivity index (χ1) is 17.1. The Kier molecular flexibility index (Phi) is 8.56. The fraction of sp³-hybridized carbons (Fsp3) is 0.524. The van der Waals surface area contributed by atoms with Crippen molar-refractivity contribution in [3.63, 3.8) is 0 Å². The number of sulfonamides is 1. The number of halogens is 3. The number of carbonyl (C=O) groups is 1. The van der Waals surface area contributed by atoms with E-state index in [1.54, 1.807) is 20.8 Å². The summed E-state index contributed by atoms with van der Waals surface area (Å²) in [6, 6.07) is 2.71. The SMILES string of the molecule is Cc1ccc(C(F)(F)F)cc1Nc1nc(C(=O)NS(=O)(=O)N2CCCN(S(=O)(=O)CC(C)C)CC2)co1. The van der Waals surface area contributed by atoms with Crippen LogP contribution in [0.1, 0.15) is 41.9 Å². The van der Waals surface area contributed by atoms with Gasteiger partial charge in [-0.3, -0.25) is 4.79 Å². The van der Waals surface area contributed by atoms with Crippen LogP contribution in [0, 0.1) is 12.8 Å². The molecule has 1 saturated heterocycles. The maximum atomic E-state index is 13.0. The maximum Gasteiger partial charge on any atom is 0.416 e. The van der Waals surface area contributed by atoms with Gasteiger partial charge in [0.1, 0.15) is 6.26 Å². The Hall–Kier alpha value is -2.69. The van der Waals surface area contributed by atoms with Gasteiger partial charge in [0.2, 0.25) is 10.0 Å². The second-order valence-corrected chi connectivity index (χ2v) is 12.6. The van der Waals surface area contributed by atoms with Gasteiger partial charge in [0, 0.05) is 31.9 Å². The minimum Gasteiger partial charge on any atom is -0.431 e. The highest BCUT2D eigenvalue weighted by Crippen LogP contribution is 2.33. The fourth-order valence-electron chi connectivity index (χ4n) is 3.63. The number of nitrogens with one attached hydrogen (secondary N) is 2. The van der Waals surface area contributed by atoms with Crippen LogP contribution in [0.5, 0.6) is 0 Å². The van der Waals surface area contributed by atoms with Crippen LogP contribution < -0.4 is 10.0 Å². The number of aryl methyl sites for hydroxylation is 1. The van der Waals surface area contributed by atoms with E-state index in [4.69, 9.17) is 4.42 Å². The lowest BCUT2D eigenvalue weighted by molar-refractivity contribution is -0.137. The van der Waals surface area contributed by atoms with E-state index in [9.17, 15) is 34.8 Å². The number of aromatic nitrogens is 1. The molecule has 1 amide bonds. The summed E-state index contributed by atoms with van der Waals surface area (Å²) in [6.07, 6.45) is -3.47. The zero-order valence-corrected chi connectivity index (χ0v) is 22.0. The molecule has 2 aromatic rings. The highest BCUT2D eigenvalue weighted by molar-refractivity contribution is 7.89. The molecule has 11 nitrogen and oxygen atoms in total. The van der Waals surface area contributed by atoms with Crippen molar-refractivity contribution in [2.75, 3.05) is 37.2 Å². The summed E-state index contributed by atoms with van der Waals surface area (Å²) in [5.41, 5.74) is -0.834. The molecule has 0 aliphatic carbocycles. The number of anilines is 2. The molecule has 0 atom stereocenters. The largest absolute Gasteiger partial charge is 0.431 e. The third-order valence-electron chi connectivity index (χ3n) is 5.46. The zero-order valence-electron chi connectivity index (χ0n) is 20.4. The molecule has 206 valence electrons. The van der Waals surface area contributed by atoms with Crippen molar-refractivity contribution in [2.24, 2.45) is 5.92 Å². The van der Waals surface area contributed by atoms with Gasteiger partial charge < -0.3 is 9.73 Å². The summed E-state index contributed by atoms with van der Waals surface area (Å²) < 4.78 is 98.7. The number of hydrogen-bond acceptors (Lipinski definition) is 8. The highest BCUT2D eigenvalue weighted by Gasteiger charge is 2.33. The molecule has 37 heavy (non-hydrogen) atoms. The van der Waals surface area contributed by atoms with E-state index < -0.39 is 43.6 Å². The van der Waals surface area contributed by atoms with E-state index >= 15 is 0 Å². The molecule has 1 aromatic carbocycles. The van der Waals surface area contributed by atoms with Crippen molar-refractivity contribution in [1.82, 2.24) is 18.3 Å². The second-order valence-electron chi connectivity index (χ2n) is 8.95. The number of alkyl halides is 3. The number of oxazole rings is 1. The Morgan fingerprint density at radius 2 is 1.76 bits per heavy atom. The zero-order chi connectivity index (χ0) is 27.6. The van der Waals surface area contributed by atoms with E-state index in [1.807, 2.05) is 4.72 Å². The lowest BCUT2D eigenvalue weighted by Crippen LogP contribution is -2.45. The average molecular weight is 568 g/mol. The van der Waals surface area contributed by atoms with Gasteiger partial charge in [-0.2, -0.15) is 30.9 Å². The number of nitrogens with zero attached hydrogens (tertiary/aromatic N) is 3. The molecule has 16 heteroatoms. The summed E-state index contributed by atoms with van der Waals surface area (Å²) in [5.74, 6) is -1.27. The molecular weight excluding hydrogens is 539 g/mol. The Morgan fingerprint density at radius 1 is 1.11 bits per heavy atom. The first kappa shape index (κ1) is 28.9. The van der Waals surface area contributed by atoms with Crippen LogP contribution in [0.25, 0.3) is 0 Å². The van der Waals surface area contributed by atoms with Gasteiger partial charge in [-0.05, 0) is 37.0 Å². The van der Waals surface area contributed by atoms with Gasteiger partial charge in [0.25, 0.3) is 11.9 Å². The van der Waals surface area contributed by atoms with Crippen molar-refractivity contribution in [2.45, 2.75) is 33.4 Å². The minimum atomic E-state index is -4.57. The molecule has 1 aromatic heterocycles. The van der Waals surface area contributed by atoms with Crippen LogP contribution in [-0.2, 0) is 26.4 Å². The van der Waals surface area contributed by atoms with Crippen molar-refractivity contribution in [3.05, 3.63) is 41.3 Å². The predicted molar refractivity (Wildman–Crippen MR) is 129 cm³/mol. The average Bonchev–Trinajstić information content (AvgIpc) is 3.06. The normalized spacial score (nSPS) is 16.5. The smallest absolute Gasteiger partial charge is 0.416 e. The van der Waals surface area contributed by atoms with Gasteiger partial charge >= 0.3 is 16.4 Å². The number of amides is 1. The summed E-state index contributed by atoms with van der Waals surface area (Å²) in [4.78, 5) is 16.3. The minimum absolute atomic E-state index is 0.00322. The first-order valence-corrected chi connectivity index (χ1v) is 14.3. The molecule has 0 saturated carbocycles. The van der Waals surface area contributed by atoms with E-state index in [1.165, 1.54) is 10.4 Å². The van der Waals surface area contributed by atoms with E-state index in [0.29, 0.717) is 5.56 Å². The fourth-order valence-corrected chi connectivity index (χ4v) is 6.61. The molecule has 0 spiro atoms. The highest BCUT2D eigenvalue weighted by atomic mass is 32.2. The van der Waals surface area contributed by atoms with Crippen molar-refractivity contribution in [1.29, 1.82) is 0 Å². The van der Waals surface area contributed by atoms with Gasteiger partial charge in [0.15, 0.2) is 5.69 Å². The Balaban J connectivity index is 1.66. The second kappa shape index (κ2) is 11.0. The number of rotatable bonds is 8. The van der Waals surface area contributed by atoms with Crippen molar-refractivity contribution in [3.8, 4) is 0 Å². The van der Waals surface area contributed by atoms with Gasteiger partial charge in [0.05, 0.1) is 11.3 Å². The van der Waals surface area contributed by atoms with E-state index in [0.717, 1.165) is 22.7 Å². The number of carbonyl (C=O) groups excluding carboxylic acids is 1. The molecule has 2 N–H and O–H groups in total. The van der Waals surface area contributed by atoms with E-state index in [-0.39, 0.29) is 56.0 Å². The summed E-state index contributed by atoms with van der Waals surface area (Å²) >= 11 is 0. The van der Waals surface area contributed by atoms with Crippen LogP contribution >= 0.6 is 0 Å². The summed E-state index contributed by atoms with van der Waals surface area (Å²) in [5, 5.41) is 2.55. The number of hydrogen-bond donors (Lipinski definition) is 2. The molecule has 0 radical (unpaired) electrons. The van der Waals surface area contributed by atoms with Crippen LogP contribution in [0.4, 0.5) is 24.9 Å². The lowest BCUT2D eigenvalue weighted by Gasteiger charge is -2.22. The standard InChI is InChI=1S/C21H28F3N5O6S2/c1-14(2)13-36(31,32)28-7-4-8-29(10-9-28)37(33,34)27-19(30)18-12-35-20(26-18)25-17-11-16(21(22,23)24)6-5-15(17)3/h5-6,11-12,14H,4,7-10,13H2,1-3H3,(H,25,26)(H,27,30). The van der Waals surface area contributed by atoms with Gasteiger partial charge in [-0.15, -0.1) is 0 Å². The predicted octanol–water partition coefficient (Wildman–Crippen LogP) is 2.71. The lowest BCUT2D eigenvalue weighted by atomic mass is 10.1. The quantitative estimate of drug-likeness (QED) is 0.496. The Labute approximate surface area is 213 Å². The molecule has 3 rings (SSSR count). The Morgan fingerprint density at radius 3 is 2.41 bits per heavy atom.